The number of aliphatic hydroxyl groups is 1. The van der Waals surface area contributed by atoms with Crippen molar-refractivity contribution in [2.24, 2.45) is 10.9 Å². The Kier molecular flexibility index (Phi) is 4.57. The van der Waals surface area contributed by atoms with Crippen molar-refractivity contribution in [3.63, 3.8) is 0 Å². The van der Waals surface area contributed by atoms with Gasteiger partial charge >= 0.3 is 0 Å². The lowest BCUT2D eigenvalue weighted by Crippen LogP contribution is -2.37. The van der Waals surface area contributed by atoms with Crippen LogP contribution in [0.2, 0.25) is 0 Å². The second kappa shape index (κ2) is 6.19. The monoisotopic (exact) mass is 281 g/mol. The van der Waals surface area contributed by atoms with Crippen LogP contribution in [0, 0.1) is 5.82 Å². The van der Waals surface area contributed by atoms with E-state index in [2.05, 4.69) is 10.5 Å². The average molecular weight is 281 g/mol. The standard InChI is InChI=1S/C14H20FN3O2/c15-12-6-10(5-11(7-12)13(16)18-20)8-17-9-14(19)3-1-2-4-14/h5-7,17,19-20H,1-4,8-9H2,(H2,16,18). The molecule has 1 aromatic carbocycles. The van der Waals surface area contributed by atoms with Crippen LogP contribution in [0.1, 0.15) is 36.8 Å². The summed E-state index contributed by atoms with van der Waals surface area (Å²) < 4.78 is 13.5. The zero-order valence-corrected chi connectivity index (χ0v) is 11.3. The van der Waals surface area contributed by atoms with Crippen molar-refractivity contribution in [1.29, 1.82) is 0 Å². The van der Waals surface area contributed by atoms with Gasteiger partial charge in [0.2, 0.25) is 0 Å². The van der Waals surface area contributed by atoms with Crippen LogP contribution in [0.25, 0.3) is 0 Å². The van der Waals surface area contributed by atoms with Gasteiger partial charge in [0.25, 0.3) is 0 Å². The minimum Gasteiger partial charge on any atom is -0.409 e. The number of benzene rings is 1. The maximum Gasteiger partial charge on any atom is 0.170 e. The lowest BCUT2D eigenvalue weighted by atomic mass is 10.0. The van der Waals surface area contributed by atoms with Gasteiger partial charge in [0, 0.05) is 18.7 Å². The van der Waals surface area contributed by atoms with Crippen LogP contribution < -0.4 is 11.1 Å². The van der Waals surface area contributed by atoms with Crippen molar-refractivity contribution in [3.05, 3.63) is 35.1 Å². The number of hydrogen-bond donors (Lipinski definition) is 4. The van der Waals surface area contributed by atoms with Crippen molar-refractivity contribution in [2.75, 3.05) is 6.54 Å². The Morgan fingerprint density at radius 3 is 2.70 bits per heavy atom. The summed E-state index contributed by atoms with van der Waals surface area (Å²) in [6.07, 6.45) is 3.70. The van der Waals surface area contributed by atoms with Gasteiger partial charge in [-0.3, -0.25) is 0 Å². The Balaban J connectivity index is 1.97. The van der Waals surface area contributed by atoms with Gasteiger partial charge in [-0.25, -0.2) is 4.39 Å². The molecular formula is C14H20FN3O2. The average Bonchev–Trinajstić information content (AvgIpc) is 2.84. The number of nitrogens with two attached hydrogens (primary N) is 1. The first-order valence-corrected chi connectivity index (χ1v) is 6.73. The van der Waals surface area contributed by atoms with Gasteiger partial charge < -0.3 is 21.4 Å². The minimum atomic E-state index is -0.637. The second-order valence-corrected chi connectivity index (χ2v) is 5.37. The van der Waals surface area contributed by atoms with Gasteiger partial charge in [0.1, 0.15) is 5.82 Å². The fourth-order valence-corrected chi connectivity index (χ4v) is 2.61. The van der Waals surface area contributed by atoms with Crippen LogP contribution in [0.4, 0.5) is 4.39 Å². The van der Waals surface area contributed by atoms with Gasteiger partial charge in [0.15, 0.2) is 5.84 Å². The molecule has 1 aliphatic rings. The Morgan fingerprint density at radius 2 is 2.05 bits per heavy atom. The van der Waals surface area contributed by atoms with Crippen molar-refractivity contribution >= 4 is 5.84 Å². The van der Waals surface area contributed by atoms with E-state index in [0.717, 1.165) is 25.7 Å². The van der Waals surface area contributed by atoms with E-state index >= 15 is 0 Å². The summed E-state index contributed by atoms with van der Waals surface area (Å²) in [5.41, 5.74) is 5.84. The van der Waals surface area contributed by atoms with Crippen molar-refractivity contribution < 1.29 is 14.7 Å². The Bertz CT molecular complexity index is 499. The maximum atomic E-state index is 13.5. The zero-order chi connectivity index (χ0) is 14.6. The van der Waals surface area contributed by atoms with Gasteiger partial charge in [0.05, 0.1) is 5.60 Å². The highest BCUT2D eigenvalue weighted by molar-refractivity contribution is 5.97. The minimum absolute atomic E-state index is 0.125. The van der Waals surface area contributed by atoms with Crippen LogP contribution in [0.15, 0.2) is 23.4 Å². The highest BCUT2D eigenvalue weighted by Crippen LogP contribution is 2.28. The first kappa shape index (κ1) is 14.7. The van der Waals surface area contributed by atoms with Crippen molar-refractivity contribution in [2.45, 2.75) is 37.8 Å². The van der Waals surface area contributed by atoms with Crippen molar-refractivity contribution in [1.82, 2.24) is 5.32 Å². The van der Waals surface area contributed by atoms with E-state index in [1.54, 1.807) is 6.07 Å². The van der Waals surface area contributed by atoms with E-state index < -0.39 is 11.4 Å². The molecule has 20 heavy (non-hydrogen) atoms. The summed E-state index contributed by atoms with van der Waals surface area (Å²) in [5, 5.41) is 24.8. The highest BCUT2D eigenvalue weighted by Gasteiger charge is 2.30. The molecular weight excluding hydrogens is 261 g/mol. The fraction of sp³-hybridized carbons (Fsp3) is 0.500. The quantitative estimate of drug-likeness (QED) is 0.283. The molecule has 0 spiro atoms. The summed E-state index contributed by atoms with van der Waals surface area (Å²) in [5.74, 6) is -0.564. The Hall–Kier alpha value is -1.66. The molecule has 0 amide bonds. The molecule has 0 bridgehead atoms. The molecule has 5 N–H and O–H groups in total. The van der Waals surface area contributed by atoms with E-state index in [0.29, 0.717) is 24.2 Å². The maximum absolute atomic E-state index is 13.5. The molecule has 6 heteroatoms. The number of amidine groups is 1. The Morgan fingerprint density at radius 1 is 1.35 bits per heavy atom. The molecule has 1 fully saturated rings. The highest BCUT2D eigenvalue weighted by atomic mass is 19.1. The molecule has 0 aliphatic heterocycles. The number of rotatable bonds is 5. The van der Waals surface area contributed by atoms with Crippen LogP contribution in [-0.2, 0) is 6.54 Å². The summed E-state index contributed by atoms with van der Waals surface area (Å²) >= 11 is 0. The van der Waals surface area contributed by atoms with Gasteiger partial charge in [-0.15, -0.1) is 0 Å². The number of nitrogens with one attached hydrogen (secondary N) is 1. The molecule has 0 atom stereocenters. The largest absolute Gasteiger partial charge is 0.409 e. The van der Waals surface area contributed by atoms with Crippen LogP contribution >= 0.6 is 0 Å². The van der Waals surface area contributed by atoms with Crippen LogP contribution in [-0.4, -0.2) is 28.3 Å². The molecule has 1 saturated carbocycles. The second-order valence-electron chi connectivity index (χ2n) is 5.37. The SMILES string of the molecule is N/C(=N/O)c1cc(F)cc(CNCC2(O)CCCC2)c1. The van der Waals surface area contributed by atoms with E-state index in [1.165, 1.54) is 12.1 Å². The van der Waals surface area contributed by atoms with E-state index in [4.69, 9.17) is 10.9 Å². The summed E-state index contributed by atoms with van der Waals surface area (Å²) in [4.78, 5) is 0. The first-order chi connectivity index (χ1) is 9.52. The molecule has 2 rings (SSSR count). The van der Waals surface area contributed by atoms with Crippen molar-refractivity contribution in [3.8, 4) is 0 Å². The third kappa shape index (κ3) is 3.68. The normalized spacial score (nSPS) is 18.4. The predicted octanol–water partition coefficient (Wildman–Crippen LogP) is 1.31. The lowest BCUT2D eigenvalue weighted by molar-refractivity contribution is 0.0475. The molecule has 1 aromatic rings. The molecule has 0 unspecified atom stereocenters. The molecule has 5 nitrogen and oxygen atoms in total. The Labute approximate surface area is 117 Å². The fourth-order valence-electron chi connectivity index (χ4n) is 2.61. The first-order valence-electron chi connectivity index (χ1n) is 6.73. The van der Waals surface area contributed by atoms with Gasteiger partial charge in [-0.05, 0) is 36.6 Å². The predicted molar refractivity (Wildman–Crippen MR) is 74.0 cm³/mol. The van der Waals surface area contributed by atoms with Crippen LogP contribution in [0.5, 0.6) is 0 Å². The number of hydrogen-bond acceptors (Lipinski definition) is 4. The molecule has 0 aromatic heterocycles. The van der Waals surface area contributed by atoms with E-state index in [-0.39, 0.29) is 5.84 Å². The third-order valence-electron chi connectivity index (χ3n) is 3.68. The summed E-state index contributed by atoms with van der Waals surface area (Å²) in [6, 6.07) is 4.26. The molecule has 0 heterocycles. The van der Waals surface area contributed by atoms with E-state index in [9.17, 15) is 9.50 Å². The van der Waals surface area contributed by atoms with Gasteiger partial charge in [-0.2, -0.15) is 0 Å². The molecule has 110 valence electrons. The van der Waals surface area contributed by atoms with Crippen LogP contribution in [0.3, 0.4) is 0 Å². The number of nitrogens with zero attached hydrogens (tertiary/aromatic N) is 1. The van der Waals surface area contributed by atoms with Gasteiger partial charge in [-0.1, -0.05) is 18.0 Å². The number of oxime groups is 1. The number of halogens is 1. The third-order valence-corrected chi connectivity index (χ3v) is 3.68. The molecule has 1 aliphatic carbocycles. The lowest BCUT2D eigenvalue weighted by Gasteiger charge is -2.22. The summed E-state index contributed by atoms with van der Waals surface area (Å²) in [7, 11) is 0. The topological polar surface area (TPSA) is 90.9 Å². The molecule has 0 saturated heterocycles. The zero-order valence-electron chi connectivity index (χ0n) is 11.3. The molecule has 0 radical (unpaired) electrons. The summed E-state index contributed by atoms with van der Waals surface area (Å²) in [6.45, 7) is 0.911. The van der Waals surface area contributed by atoms with E-state index in [1.807, 2.05) is 0 Å². The smallest absolute Gasteiger partial charge is 0.170 e.